The largest absolute Gasteiger partial charge is 0.480 e. The molecule has 0 saturated carbocycles. The van der Waals surface area contributed by atoms with Crippen molar-refractivity contribution < 1.29 is 14.7 Å². The molecule has 0 aliphatic carbocycles. The predicted octanol–water partition coefficient (Wildman–Crippen LogP) is 3.19. The van der Waals surface area contributed by atoms with Gasteiger partial charge in [0.1, 0.15) is 5.54 Å². The molecule has 0 fully saturated rings. The third-order valence-corrected chi connectivity index (χ3v) is 5.95. The highest BCUT2D eigenvalue weighted by Gasteiger charge is 2.28. The Bertz CT molecular complexity index is 589. The molecular weight excluding hydrogens is 613 g/mol. The molecule has 0 spiro atoms. The van der Waals surface area contributed by atoms with Crippen molar-refractivity contribution in [3.05, 3.63) is 22.3 Å². The van der Waals surface area contributed by atoms with Crippen molar-refractivity contribution in [3.63, 3.8) is 0 Å². The zero-order chi connectivity index (χ0) is 16.4. The van der Waals surface area contributed by atoms with E-state index in [2.05, 4.69) is 73.1 Å². The van der Waals surface area contributed by atoms with Crippen LogP contribution in [0.2, 0.25) is 0 Å². The number of nitrogens with one attached hydrogen (secondary N) is 1. The second-order valence-corrected chi connectivity index (χ2v) is 8.31. The quantitative estimate of drug-likeness (QED) is 0.438. The Morgan fingerprint density at radius 1 is 1.33 bits per heavy atom. The topological polar surface area (TPSA) is 92.4 Å². The molecule has 116 valence electrons. The van der Waals surface area contributed by atoms with Gasteiger partial charge in [-0.05, 0) is 99.2 Å². The summed E-state index contributed by atoms with van der Waals surface area (Å²) in [6.07, 6.45) is 0.869. The Balaban J connectivity index is 3.13. The second kappa shape index (κ2) is 7.73. The van der Waals surface area contributed by atoms with Gasteiger partial charge in [0.05, 0.1) is 5.69 Å². The zero-order valence-corrected chi connectivity index (χ0v) is 17.9. The minimum Gasteiger partial charge on any atom is -0.480 e. The van der Waals surface area contributed by atoms with Gasteiger partial charge in [0.2, 0.25) is 5.91 Å². The van der Waals surface area contributed by atoms with Gasteiger partial charge in [-0.25, -0.2) is 0 Å². The van der Waals surface area contributed by atoms with Crippen LogP contribution in [0.25, 0.3) is 0 Å². The lowest BCUT2D eigenvalue weighted by Crippen LogP contribution is -2.45. The molecule has 0 heterocycles. The van der Waals surface area contributed by atoms with Crippen molar-refractivity contribution in [2.45, 2.75) is 32.2 Å². The number of hydrogen-bond acceptors (Lipinski definition) is 3. The average molecular weight is 628 g/mol. The van der Waals surface area contributed by atoms with Crippen LogP contribution in [0.15, 0.2) is 6.07 Å². The van der Waals surface area contributed by atoms with Gasteiger partial charge in [0.25, 0.3) is 0 Å². The van der Waals surface area contributed by atoms with E-state index in [1.165, 1.54) is 13.8 Å². The van der Waals surface area contributed by atoms with Crippen molar-refractivity contribution in [3.8, 4) is 0 Å². The highest BCUT2D eigenvalue weighted by Crippen LogP contribution is 2.33. The van der Waals surface area contributed by atoms with E-state index in [9.17, 15) is 9.59 Å². The third-order valence-electron chi connectivity index (χ3n) is 2.95. The molecule has 1 amide bonds. The normalized spacial score (nSPS) is 13.6. The lowest BCUT2D eigenvalue weighted by molar-refractivity contribution is -0.142. The first-order valence-corrected chi connectivity index (χ1v) is 9.26. The van der Waals surface area contributed by atoms with E-state index >= 15 is 0 Å². The van der Waals surface area contributed by atoms with E-state index in [4.69, 9.17) is 10.8 Å². The average Bonchev–Trinajstić information content (AvgIpc) is 2.33. The summed E-state index contributed by atoms with van der Waals surface area (Å²) >= 11 is 6.58. The van der Waals surface area contributed by atoms with Gasteiger partial charge in [-0.3, -0.25) is 9.59 Å². The number of carbonyl (C=O) groups excluding carboxylic acids is 1. The summed E-state index contributed by atoms with van der Waals surface area (Å²) in [5.74, 6) is -1.15. The molecule has 5 nitrogen and oxygen atoms in total. The molecular formula is C13H15I3N2O3. The number of carboxylic acid groups (broad SMARTS) is 1. The van der Waals surface area contributed by atoms with E-state index in [1.54, 1.807) is 0 Å². The zero-order valence-electron chi connectivity index (χ0n) is 11.5. The molecule has 1 rings (SSSR count). The number of anilines is 1. The van der Waals surface area contributed by atoms with Crippen LogP contribution in [0.3, 0.4) is 0 Å². The van der Waals surface area contributed by atoms with Gasteiger partial charge in [0.15, 0.2) is 0 Å². The summed E-state index contributed by atoms with van der Waals surface area (Å²) in [5, 5.41) is 11.9. The molecule has 0 radical (unpaired) electrons. The van der Waals surface area contributed by atoms with E-state index in [0.717, 1.165) is 22.0 Å². The highest BCUT2D eigenvalue weighted by molar-refractivity contribution is 14.1. The minimum absolute atomic E-state index is 0.132. The SMILES string of the molecule is CC(=O)Nc1c(I)cc(I)c(CC[C@@](C)(N)C(=O)O)c1I. The maximum atomic E-state index is 11.3. The van der Waals surface area contributed by atoms with Crippen LogP contribution in [0.5, 0.6) is 0 Å². The Morgan fingerprint density at radius 3 is 2.38 bits per heavy atom. The number of carbonyl (C=O) groups is 2. The first-order chi connectivity index (χ1) is 9.56. The van der Waals surface area contributed by atoms with E-state index in [1.807, 2.05) is 6.07 Å². The number of hydrogen-bond donors (Lipinski definition) is 3. The monoisotopic (exact) mass is 628 g/mol. The molecule has 0 bridgehead atoms. The Labute approximate surface area is 164 Å². The molecule has 1 atom stereocenters. The summed E-state index contributed by atoms with van der Waals surface area (Å²) in [4.78, 5) is 22.4. The summed E-state index contributed by atoms with van der Waals surface area (Å²) in [6, 6.07) is 1.97. The third kappa shape index (κ3) is 5.16. The number of carboxylic acids is 1. The highest BCUT2D eigenvalue weighted by atomic mass is 127. The number of aliphatic carboxylic acids is 1. The van der Waals surface area contributed by atoms with Crippen LogP contribution >= 0.6 is 67.8 Å². The van der Waals surface area contributed by atoms with Crippen LogP contribution in [-0.2, 0) is 16.0 Å². The van der Waals surface area contributed by atoms with Crippen molar-refractivity contribution in [1.82, 2.24) is 0 Å². The smallest absolute Gasteiger partial charge is 0.323 e. The summed E-state index contributed by atoms with van der Waals surface area (Å²) < 4.78 is 2.92. The molecule has 0 saturated heterocycles. The molecule has 0 aliphatic rings. The molecule has 21 heavy (non-hydrogen) atoms. The van der Waals surface area contributed by atoms with Crippen molar-refractivity contribution in [1.29, 1.82) is 0 Å². The van der Waals surface area contributed by atoms with Gasteiger partial charge < -0.3 is 16.2 Å². The minimum atomic E-state index is -1.26. The van der Waals surface area contributed by atoms with Crippen LogP contribution in [0.4, 0.5) is 5.69 Å². The number of amides is 1. The molecule has 8 heteroatoms. The number of benzene rings is 1. The Kier molecular flexibility index (Phi) is 7.12. The second-order valence-electron chi connectivity index (χ2n) is 4.91. The van der Waals surface area contributed by atoms with Crippen LogP contribution in [0.1, 0.15) is 25.8 Å². The van der Waals surface area contributed by atoms with Crippen molar-refractivity contribution >= 4 is 85.3 Å². The van der Waals surface area contributed by atoms with E-state index in [0.29, 0.717) is 12.8 Å². The van der Waals surface area contributed by atoms with Gasteiger partial charge >= 0.3 is 5.97 Å². The summed E-state index contributed by atoms with van der Waals surface area (Å²) in [6.45, 7) is 2.97. The summed E-state index contributed by atoms with van der Waals surface area (Å²) in [7, 11) is 0. The van der Waals surface area contributed by atoms with Gasteiger partial charge in [-0.2, -0.15) is 0 Å². The van der Waals surface area contributed by atoms with E-state index < -0.39 is 11.5 Å². The van der Waals surface area contributed by atoms with E-state index in [-0.39, 0.29) is 5.91 Å². The predicted molar refractivity (Wildman–Crippen MR) is 107 cm³/mol. The van der Waals surface area contributed by atoms with Crippen LogP contribution in [0, 0.1) is 10.7 Å². The molecule has 0 aromatic heterocycles. The number of rotatable bonds is 5. The van der Waals surface area contributed by atoms with Gasteiger partial charge in [0, 0.05) is 17.6 Å². The Hall–Kier alpha value is 0.310. The molecule has 4 N–H and O–H groups in total. The van der Waals surface area contributed by atoms with Crippen molar-refractivity contribution in [2.75, 3.05) is 5.32 Å². The van der Waals surface area contributed by atoms with Crippen LogP contribution < -0.4 is 11.1 Å². The lowest BCUT2D eigenvalue weighted by Gasteiger charge is -2.21. The standard InChI is InChI=1S/C13H15I3N2O3/c1-6(19)18-11-9(15)5-8(14)7(10(11)16)3-4-13(2,17)12(20)21/h5H,3-4,17H2,1-2H3,(H,18,19)(H,20,21)/t13-/m1/s1. The van der Waals surface area contributed by atoms with Gasteiger partial charge in [-0.15, -0.1) is 0 Å². The molecule has 0 aliphatic heterocycles. The molecule has 1 aromatic carbocycles. The fourth-order valence-electron chi connectivity index (χ4n) is 1.64. The van der Waals surface area contributed by atoms with Crippen LogP contribution in [-0.4, -0.2) is 22.5 Å². The fraction of sp³-hybridized carbons (Fsp3) is 0.385. The first-order valence-electron chi connectivity index (χ1n) is 6.02. The molecule has 1 aromatic rings. The number of halogens is 3. The lowest BCUT2D eigenvalue weighted by atomic mass is 9.94. The Morgan fingerprint density at radius 2 is 1.90 bits per heavy atom. The summed E-state index contributed by atoms with van der Waals surface area (Å²) in [5.41, 5.74) is 6.30. The molecule has 0 unspecified atom stereocenters. The van der Waals surface area contributed by atoms with Crippen molar-refractivity contribution in [2.24, 2.45) is 5.73 Å². The maximum absolute atomic E-state index is 11.3. The fourth-order valence-corrected chi connectivity index (χ4v) is 5.82. The first kappa shape index (κ1) is 19.4. The number of nitrogens with two attached hydrogens (primary N) is 1. The van der Waals surface area contributed by atoms with Gasteiger partial charge in [-0.1, -0.05) is 0 Å². The maximum Gasteiger partial charge on any atom is 0.323 e.